The van der Waals surface area contributed by atoms with Gasteiger partial charge in [0.1, 0.15) is 4.21 Å². The molecule has 0 fully saturated rings. The molecule has 3 N–H and O–H groups in total. The predicted octanol–water partition coefficient (Wildman–Crippen LogP) is 1.46. The number of sulfonamides is 1. The maximum absolute atomic E-state index is 12.3. The molecule has 110 valence electrons. The molecule has 1 aromatic heterocycles. The van der Waals surface area contributed by atoms with Crippen LogP contribution in [0.4, 0.5) is 0 Å². The van der Waals surface area contributed by atoms with Crippen molar-refractivity contribution in [2.24, 2.45) is 11.7 Å². The van der Waals surface area contributed by atoms with Crippen LogP contribution in [0.15, 0.2) is 10.3 Å². The summed E-state index contributed by atoms with van der Waals surface area (Å²) in [6.07, 6.45) is 0. The van der Waals surface area contributed by atoms with Gasteiger partial charge in [-0.1, -0.05) is 13.8 Å². The summed E-state index contributed by atoms with van der Waals surface area (Å²) in [7, 11) is -1.94. The van der Waals surface area contributed by atoms with Gasteiger partial charge >= 0.3 is 0 Å². The molecule has 1 rings (SSSR count). The van der Waals surface area contributed by atoms with E-state index in [0.29, 0.717) is 17.4 Å². The van der Waals surface area contributed by atoms with Gasteiger partial charge in [0.2, 0.25) is 10.0 Å². The van der Waals surface area contributed by atoms with Gasteiger partial charge in [-0.2, -0.15) is 0 Å². The Morgan fingerprint density at radius 2 is 2.11 bits per heavy atom. The van der Waals surface area contributed by atoms with Gasteiger partial charge in [-0.15, -0.1) is 11.3 Å². The Morgan fingerprint density at radius 3 is 2.53 bits per heavy atom. The monoisotopic (exact) mass is 306 g/mol. The first kappa shape index (κ1) is 16.6. The minimum atomic E-state index is -3.51. The molecule has 1 aromatic rings. The zero-order valence-corrected chi connectivity index (χ0v) is 13.4. The lowest BCUT2D eigenvalue weighted by Gasteiger charge is -2.20. The fourth-order valence-corrected chi connectivity index (χ4v) is 4.48. The first-order chi connectivity index (χ1) is 8.81. The number of rotatable bonds is 7. The molecule has 0 saturated heterocycles. The van der Waals surface area contributed by atoms with E-state index in [4.69, 9.17) is 10.5 Å². The lowest BCUT2D eigenvalue weighted by atomic mass is 10.1. The molecule has 19 heavy (non-hydrogen) atoms. The van der Waals surface area contributed by atoms with Gasteiger partial charge in [0, 0.05) is 24.6 Å². The van der Waals surface area contributed by atoms with Gasteiger partial charge in [0.25, 0.3) is 0 Å². The van der Waals surface area contributed by atoms with Crippen LogP contribution in [0.2, 0.25) is 0 Å². The predicted molar refractivity (Wildman–Crippen MR) is 77.8 cm³/mol. The molecule has 0 spiro atoms. The number of nitrogens with one attached hydrogen (secondary N) is 1. The van der Waals surface area contributed by atoms with E-state index >= 15 is 0 Å². The van der Waals surface area contributed by atoms with Crippen molar-refractivity contribution >= 4 is 21.4 Å². The minimum Gasteiger partial charge on any atom is -0.383 e. The standard InChI is InChI=1S/C12H22N2O3S2/c1-8(2)10(7-17-4)14-19(15,16)12-5-9(3)11(6-13)18-12/h5,8,10,14H,6-7,13H2,1-4H3. The highest BCUT2D eigenvalue weighted by atomic mass is 32.2. The molecule has 1 unspecified atom stereocenters. The van der Waals surface area contributed by atoms with Crippen molar-refractivity contribution in [3.63, 3.8) is 0 Å². The summed E-state index contributed by atoms with van der Waals surface area (Å²) in [6, 6.07) is 1.43. The minimum absolute atomic E-state index is 0.157. The van der Waals surface area contributed by atoms with Crippen LogP contribution < -0.4 is 10.5 Å². The molecule has 0 amide bonds. The highest BCUT2D eigenvalue weighted by Crippen LogP contribution is 2.26. The van der Waals surface area contributed by atoms with E-state index in [1.54, 1.807) is 13.2 Å². The van der Waals surface area contributed by atoms with E-state index in [-0.39, 0.29) is 12.0 Å². The molecule has 7 heteroatoms. The van der Waals surface area contributed by atoms with Crippen LogP contribution in [0.25, 0.3) is 0 Å². The highest BCUT2D eigenvalue weighted by molar-refractivity contribution is 7.91. The van der Waals surface area contributed by atoms with Crippen molar-refractivity contribution in [2.45, 2.75) is 37.6 Å². The Balaban J connectivity index is 2.96. The number of nitrogens with two attached hydrogens (primary N) is 1. The Bertz CT molecular complexity index is 509. The molecule has 5 nitrogen and oxygen atoms in total. The van der Waals surface area contributed by atoms with E-state index in [2.05, 4.69) is 4.72 Å². The molecular weight excluding hydrogens is 284 g/mol. The van der Waals surface area contributed by atoms with Crippen molar-refractivity contribution in [3.8, 4) is 0 Å². The quantitative estimate of drug-likeness (QED) is 0.799. The third-order valence-electron chi connectivity index (χ3n) is 2.91. The van der Waals surface area contributed by atoms with Crippen molar-refractivity contribution in [1.82, 2.24) is 4.72 Å². The van der Waals surface area contributed by atoms with Crippen LogP contribution in [0.1, 0.15) is 24.3 Å². The van der Waals surface area contributed by atoms with Crippen molar-refractivity contribution in [1.29, 1.82) is 0 Å². The molecule has 0 aliphatic rings. The molecule has 0 aliphatic heterocycles. The summed E-state index contributed by atoms with van der Waals surface area (Å²) in [5.74, 6) is 0.157. The Morgan fingerprint density at radius 1 is 1.47 bits per heavy atom. The maximum Gasteiger partial charge on any atom is 0.250 e. The number of methoxy groups -OCH3 is 1. The second-order valence-electron chi connectivity index (χ2n) is 4.80. The first-order valence-electron chi connectivity index (χ1n) is 6.12. The largest absolute Gasteiger partial charge is 0.383 e. The van der Waals surface area contributed by atoms with Gasteiger partial charge in [0.15, 0.2) is 0 Å². The lowest BCUT2D eigenvalue weighted by molar-refractivity contribution is 0.157. The van der Waals surface area contributed by atoms with Gasteiger partial charge in [-0.25, -0.2) is 13.1 Å². The van der Waals surface area contributed by atoms with E-state index in [1.807, 2.05) is 20.8 Å². The Labute approximate surface area is 119 Å². The summed E-state index contributed by atoms with van der Waals surface area (Å²) in [5.41, 5.74) is 6.50. The normalized spacial score (nSPS) is 14.0. The Kier molecular flexibility index (Phi) is 5.94. The van der Waals surface area contributed by atoms with E-state index in [9.17, 15) is 8.42 Å². The first-order valence-corrected chi connectivity index (χ1v) is 8.42. The fourth-order valence-electron chi connectivity index (χ4n) is 1.62. The average Bonchev–Trinajstić information content (AvgIpc) is 2.70. The van der Waals surface area contributed by atoms with Crippen LogP contribution in [-0.4, -0.2) is 28.2 Å². The van der Waals surface area contributed by atoms with Crippen molar-refractivity contribution < 1.29 is 13.2 Å². The number of hydrogen-bond donors (Lipinski definition) is 2. The zero-order valence-electron chi connectivity index (χ0n) is 11.8. The summed E-state index contributed by atoms with van der Waals surface area (Å²) in [4.78, 5) is 0.896. The lowest BCUT2D eigenvalue weighted by Crippen LogP contribution is -2.41. The van der Waals surface area contributed by atoms with Gasteiger partial charge in [-0.05, 0) is 24.5 Å². The molecule has 0 radical (unpaired) electrons. The smallest absolute Gasteiger partial charge is 0.250 e. The van der Waals surface area contributed by atoms with Gasteiger partial charge < -0.3 is 10.5 Å². The van der Waals surface area contributed by atoms with Crippen LogP contribution in [0.5, 0.6) is 0 Å². The summed E-state index contributed by atoms with van der Waals surface area (Å²) >= 11 is 1.22. The maximum atomic E-state index is 12.3. The number of ether oxygens (including phenoxy) is 1. The summed E-state index contributed by atoms with van der Waals surface area (Å²) in [5, 5.41) is 0. The van der Waals surface area contributed by atoms with Crippen LogP contribution in [0, 0.1) is 12.8 Å². The van der Waals surface area contributed by atoms with Crippen LogP contribution >= 0.6 is 11.3 Å². The molecular formula is C12H22N2O3S2. The van der Waals surface area contributed by atoms with Crippen molar-refractivity contribution in [3.05, 3.63) is 16.5 Å². The van der Waals surface area contributed by atoms with Gasteiger partial charge in [0.05, 0.1) is 6.61 Å². The number of thiophene rings is 1. The molecule has 0 aliphatic carbocycles. The zero-order chi connectivity index (χ0) is 14.6. The molecule has 0 bridgehead atoms. The highest BCUT2D eigenvalue weighted by Gasteiger charge is 2.24. The number of aryl methyl sites for hydroxylation is 1. The number of hydrogen-bond acceptors (Lipinski definition) is 5. The third kappa shape index (κ3) is 4.25. The van der Waals surface area contributed by atoms with Crippen LogP contribution in [0.3, 0.4) is 0 Å². The summed E-state index contributed by atoms with van der Waals surface area (Å²) < 4.78 is 32.7. The van der Waals surface area contributed by atoms with E-state index < -0.39 is 10.0 Å². The fraction of sp³-hybridized carbons (Fsp3) is 0.667. The molecule has 0 saturated carbocycles. The molecule has 1 heterocycles. The molecule has 1 atom stereocenters. The second kappa shape index (κ2) is 6.81. The third-order valence-corrected chi connectivity index (χ3v) is 6.13. The van der Waals surface area contributed by atoms with E-state index in [1.165, 1.54) is 11.3 Å². The van der Waals surface area contributed by atoms with Crippen LogP contribution in [-0.2, 0) is 21.3 Å². The van der Waals surface area contributed by atoms with Gasteiger partial charge in [-0.3, -0.25) is 0 Å². The summed E-state index contributed by atoms with van der Waals surface area (Å²) in [6.45, 7) is 6.49. The van der Waals surface area contributed by atoms with E-state index in [0.717, 1.165) is 10.4 Å². The average molecular weight is 306 g/mol. The second-order valence-corrected chi connectivity index (χ2v) is 7.88. The van der Waals surface area contributed by atoms with Crippen molar-refractivity contribution in [2.75, 3.05) is 13.7 Å². The topological polar surface area (TPSA) is 81.4 Å². The Hall–Kier alpha value is -0.470. The molecule has 0 aromatic carbocycles. The SMILES string of the molecule is COCC(NS(=O)(=O)c1cc(C)c(CN)s1)C(C)C.